The zero-order valence-corrected chi connectivity index (χ0v) is 9.90. The predicted molar refractivity (Wildman–Crippen MR) is 40.4 cm³/mol. The van der Waals surface area contributed by atoms with Crippen LogP contribution in [-0.2, 0) is 21.1 Å². The molecule has 0 aliphatic heterocycles. The summed E-state index contributed by atoms with van der Waals surface area (Å²) in [6.07, 6.45) is 5.55. The zero-order valence-electron chi connectivity index (χ0n) is 6.97. The molecule has 0 radical (unpaired) electrons. The monoisotopic (exact) mass is 314 g/mol. The van der Waals surface area contributed by atoms with Crippen LogP contribution >= 0.6 is 0 Å². The summed E-state index contributed by atoms with van der Waals surface area (Å²) >= 11 is 0. The van der Waals surface area contributed by atoms with Gasteiger partial charge in [-0.1, -0.05) is 33.1 Å². The minimum Gasteiger partial charge on any atom is -0.393 e. The summed E-state index contributed by atoms with van der Waals surface area (Å²) in [6.45, 7) is 4.20. The van der Waals surface area contributed by atoms with Crippen LogP contribution in [0.15, 0.2) is 0 Å². The molecule has 0 rings (SSSR count). The van der Waals surface area contributed by atoms with Crippen molar-refractivity contribution in [1.29, 1.82) is 0 Å². The molecule has 1 nitrogen and oxygen atoms in total. The molecule has 0 bridgehead atoms. The van der Waals surface area contributed by atoms with Crippen LogP contribution < -0.4 is 0 Å². The maximum absolute atomic E-state index is 9.08. The van der Waals surface area contributed by atoms with Crippen molar-refractivity contribution in [2.45, 2.75) is 52.1 Å². The maximum Gasteiger partial charge on any atom is 0.0537 e. The predicted octanol–water partition coefficient (Wildman–Crippen LogP) is 2.34. The molecule has 0 amide bonds. The number of unbranched alkanes of at least 4 members (excludes halogenated alkanes) is 2. The Morgan fingerprint density at radius 1 is 1.20 bits per heavy atom. The van der Waals surface area contributed by atoms with Crippen LogP contribution in [-0.4, -0.2) is 11.2 Å². The summed E-state index contributed by atoms with van der Waals surface area (Å²) in [5, 5.41) is 9.08. The van der Waals surface area contributed by atoms with E-state index in [-0.39, 0.29) is 27.2 Å². The fourth-order valence-corrected chi connectivity index (χ4v) is 0.834. The third-order valence-corrected chi connectivity index (χ3v) is 1.61. The van der Waals surface area contributed by atoms with Crippen molar-refractivity contribution in [2.75, 3.05) is 0 Å². The van der Waals surface area contributed by atoms with Gasteiger partial charge in [0, 0.05) is 21.1 Å². The third kappa shape index (κ3) is 8.65. The molecule has 1 atom stereocenters. The van der Waals surface area contributed by atoms with E-state index in [4.69, 9.17) is 5.11 Å². The quantitative estimate of drug-likeness (QED) is 0.772. The number of aliphatic hydroxyl groups is 1. The van der Waals surface area contributed by atoms with Crippen LogP contribution in [0.2, 0.25) is 0 Å². The van der Waals surface area contributed by atoms with Crippen molar-refractivity contribution in [1.82, 2.24) is 0 Å². The third-order valence-electron chi connectivity index (χ3n) is 1.61. The average molecular weight is 314 g/mol. The Balaban J connectivity index is 0. The number of aliphatic hydroxyl groups excluding tert-OH is 1. The van der Waals surface area contributed by atoms with Crippen molar-refractivity contribution >= 4 is 0 Å². The normalized spacial score (nSPS) is 12.3. The van der Waals surface area contributed by atoms with Crippen molar-refractivity contribution in [3.8, 4) is 0 Å². The van der Waals surface area contributed by atoms with E-state index in [9.17, 15) is 0 Å². The molecule has 0 aromatic rings. The van der Waals surface area contributed by atoms with Gasteiger partial charge in [0.25, 0.3) is 0 Å². The van der Waals surface area contributed by atoms with Crippen LogP contribution in [0.4, 0.5) is 0 Å². The first-order chi connectivity index (χ1) is 4.31. The molecule has 62 valence electrons. The Kier molecular flexibility index (Phi) is 12.8. The fraction of sp³-hybridized carbons (Fsp3) is 1.00. The molecular weight excluding hydrogens is 296 g/mol. The smallest absolute Gasteiger partial charge is 0.0537 e. The van der Waals surface area contributed by atoms with Gasteiger partial charge in [-0.25, -0.2) is 0 Å². The molecule has 0 saturated heterocycles. The molecule has 0 saturated carbocycles. The summed E-state index contributed by atoms with van der Waals surface area (Å²) in [6, 6.07) is 0. The van der Waals surface area contributed by atoms with Gasteiger partial charge in [-0.15, -0.1) is 0 Å². The Labute approximate surface area is 78.5 Å². The van der Waals surface area contributed by atoms with Gasteiger partial charge < -0.3 is 5.11 Å². The minimum absolute atomic E-state index is 0. The van der Waals surface area contributed by atoms with Crippen LogP contribution in [0.25, 0.3) is 0 Å². The molecule has 0 aliphatic rings. The second kappa shape index (κ2) is 9.65. The van der Waals surface area contributed by atoms with Gasteiger partial charge in [-0.2, -0.15) is 0 Å². The van der Waals surface area contributed by atoms with E-state index in [2.05, 4.69) is 6.92 Å². The van der Waals surface area contributed by atoms with Crippen molar-refractivity contribution in [3.63, 3.8) is 0 Å². The first kappa shape index (κ1) is 13.3. The van der Waals surface area contributed by atoms with Gasteiger partial charge in [0.2, 0.25) is 0 Å². The molecule has 0 aromatic heterocycles. The largest absolute Gasteiger partial charge is 0.393 e. The standard InChI is InChI=1S/C8H18O.W/c1-3-5-6-7-8(9)4-2;/h8-9H,3-7H2,1-2H3;. The minimum atomic E-state index is -0.0449. The summed E-state index contributed by atoms with van der Waals surface area (Å²) in [4.78, 5) is 0. The van der Waals surface area contributed by atoms with Crippen LogP contribution in [0, 0.1) is 0 Å². The summed E-state index contributed by atoms with van der Waals surface area (Å²) in [5.74, 6) is 0. The first-order valence-corrected chi connectivity index (χ1v) is 3.99. The molecule has 0 aromatic carbocycles. The molecule has 1 unspecified atom stereocenters. The van der Waals surface area contributed by atoms with E-state index < -0.39 is 0 Å². The van der Waals surface area contributed by atoms with Gasteiger partial charge >= 0.3 is 0 Å². The molecule has 10 heavy (non-hydrogen) atoms. The van der Waals surface area contributed by atoms with E-state index in [1.807, 2.05) is 6.92 Å². The number of rotatable bonds is 5. The molecular formula is C8H18OW. The van der Waals surface area contributed by atoms with E-state index in [0.717, 1.165) is 12.8 Å². The number of hydrogen-bond acceptors (Lipinski definition) is 1. The molecule has 2 heteroatoms. The van der Waals surface area contributed by atoms with E-state index in [1.165, 1.54) is 19.3 Å². The van der Waals surface area contributed by atoms with Gasteiger partial charge in [0.15, 0.2) is 0 Å². The first-order valence-electron chi connectivity index (χ1n) is 3.99. The second-order valence-electron chi connectivity index (χ2n) is 2.56. The van der Waals surface area contributed by atoms with Crippen LogP contribution in [0.1, 0.15) is 46.0 Å². The summed E-state index contributed by atoms with van der Waals surface area (Å²) < 4.78 is 0. The van der Waals surface area contributed by atoms with Crippen LogP contribution in [0.3, 0.4) is 0 Å². The van der Waals surface area contributed by atoms with Crippen LogP contribution in [0.5, 0.6) is 0 Å². The second-order valence-corrected chi connectivity index (χ2v) is 2.56. The summed E-state index contributed by atoms with van der Waals surface area (Å²) in [5.41, 5.74) is 0. The van der Waals surface area contributed by atoms with Crippen molar-refractivity contribution < 1.29 is 26.2 Å². The maximum atomic E-state index is 9.08. The molecule has 0 fully saturated rings. The van der Waals surface area contributed by atoms with E-state index >= 15 is 0 Å². The van der Waals surface area contributed by atoms with E-state index in [1.54, 1.807) is 0 Å². The molecule has 1 N–H and O–H groups in total. The molecule has 0 spiro atoms. The Hall–Kier alpha value is 0.648. The molecule has 0 aliphatic carbocycles. The Morgan fingerprint density at radius 2 is 1.80 bits per heavy atom. The Morgan fingerprint density at radius 3 is 2.20 bits per heavy atom. The van der Waals surface area contributed by atoms with Gasteiger partial charge in [0.1, 0.15) is 0 Å². The molecule has 0 heterocycles. The van der Waals surface area contributed by atoms with E-state index in [0.29, 0.717) is 0 Å². The average Bonchev–Trinajstić information content (AvgIpc) is 1.89. The van der Waals surface area contributed by atoms with Gasteiger partial charge in [-0.3, -0.25) is 0 Å². The zero-order chi connectivity index (χ0) is 7.11. The SMILES string of the molecule is CCCCCC(O)CC.[W]. The number of hydrogen-bond donors (Lipinski definition) is 1. The van der Waals surface area contributed by atoms with Crippen molar-refractivity contribution in [2.24, 2.45) is 0 Å². The van der Waals surface area contributed by atoms with Gasteiger partial charge in [0.05, 0.1) is 6.10 Å². The van der Waals surface area contributed by atoms with Crippen molar-refractivity contribution in [3.05, 3.63) is 0 Å². The summed E-state index contributed by atoms with van der Waals surface area (Å²) in [7, 11) is 0. The fourth-order valence-electron chi connectivity index (χ4n) is 0.834. The Bertz CT molecular complexity index is 57.2. The topological polar surface area (TPSA) is 20.2 Å². The van der Waals surface area contributed by atoms with Gasteiger partial charge in [-0.05, 0) is 12.8 Å².